The van der Waals surface area contributed by atoms with E-state index in [-0.39, 0.29) is 13.2 Å². The molecule has 1 atom stereocenters. The number of ether oxygens (including phenoxy) is 2. The molecular formula is C24H56O8Si5. The van der Waals surface area contributed by atoms with Gasteiger partial charge in [-0.15, -0.1) is 0 Å². The molecule has 0 rings (SSSR count). The maximum Gasteiger partial charge on any atom is 0.333 e. The predicted octanol–water partition coefficient (Wildman–Crippen LogP) is 6.26. The van der Waals surface area contributed by atoms with Gasteiger partial charge >= 0.3 is 31.7 Å². The van der Waals surface area contributed by atoms with Crippen LogP contribution in [0.1, 0.15) is 33.1 Å². The molecule has 220 valence electrons. The Balaban J connectivity index is 4.63. The second-order valence-corrected chi connectivity index (χ2v) is 32.1. The molecule has 0 fully saturated rings. The van der Waals surface area contributed by atoms with Crippen molar-refractivity contribution in [1.82, 2.24) is 0 Å². The first-order valence-corrected chi connectivity index (χ1v) is 28.2. The third-order valence-corrected chi connectivity index (χ3v) is 24.6. The quantitative estimate of drug-likeness (QED) is 0.0746. The number of carbonyl (C=O) groups excluding carboxylic acids is 1. The van der Waals surface area contributed by atoms with Gasteiger partial charge in [-0.3, -0.25) is 0 Å². The van der Waals surface area contributed by atoms with Crippen molar-refractivity contribution >= 4 is 48.3 Å². The molecule has 1 N–H and O–H groups in total. The highest BCUT2D eigenvalue weighted by atomic mass is 28.5. The largest absolute Gasteiger partial charge is 0.460 e. The summed E-state index contributed by atoms with van der Waals surface area (Å²) in [5.74, 6) is -0.509. The van der Waals surface area contributed by atoms with E-state index in [1.165, 1.54) is 12.8 Å². The van der Waals surface area contributed by atoms with E-state index in [0.29, 0.717) is 12.2 Å². The number of unbranched alkanes of at least 4 members (excludes halogenated alkanes) is 1. The average Bonchev–Trinajstić information content (AvgIpc) is 2.66. The van der Waals surface area contributed by atoms with Gasteiger partial charge in [-0.2, -0.15) is 0 Å². The molecule has 0 aromatic carbocycles. The zero-order chi connectivity index (χ0) is 29.1. The Labute approximate surface area is 232 Å². The smallest absolute Gasteiger partial charge is 0.333 e. The molecule has 0 spiro atoms. The SMILES string of the molecule is C=C(C)C(=O)OCC(O)COCCC[Si](C)(C)O[Si](C)(C)O[Si](C)(C)O[Si](C)(C)O[Si](C)(C)CCCC. The predicted molar refractivity (Wildman–Crippen MR) is 163 cm³/mol. The molecule has 0 aromatic heterocycles. The lowest BCUT2D eigenvalue weighted by atomic mass is 10.3. The number of carbonyl (C=O) groups is 1. The van der Waals surface area contributed by atoms with Gasteiger partial charge in [-0.05, 0) is 90.9 Å². The Morgan fingerprint density at radius 2 is 1.19 bits per heavy atom. The molecule has 0 aromatic rings. The number of hydrogen-bond donors (Lipinski definition) is 1. The van der Waals surface area contributed by atoms with Gasteiger partial charge in [0.05, 0.1) is 6.61 Å². The molecule has 0 heterocycles. The fraction of sp³-hybridized carbons (Fsp3) is 0.875. The zero-order valence-electron chi connectivity index (χ0n) is 25.7. The van der Waals surface area contributed by atoms with Crippen molar-refractivity contribution in [1.29, 1.82) is 0 Å². The van der Waals surface area contributed by atoms with Crippen LogP contribution in [-0.4, -0.2) is 79.3 Å². The Hall–Kier alpha value is 0.0544. The Kier molecular flexibility index (Phi) is 15.8. The number of aliphatic hydroxyl groups excluding tert-OH is 1. The fourth-order valence-electron chi connectivity index (χ4n) is 4.44. The number of hydrogen-bond acceptors (Lipinski definition) is 8. The topological polar surface area (TPSA) is 92.7 Å². The number of rotatable bonds is 20. The minimum atomic E-state index is -2.46. The van der Waals surface area contributed by atoms with Crippen molar-refractivity contribution in [2.45, 2.75) is 117 Å². The fourth-order valence-corrected chi connectivity index (χ4v) is 29.2. The summed E-state index contributed by atoms with van der Waals surface area (Å²) in [4.78, 5) is 11.4. The standard InChI is InChI=1S/C24H56O8Si5/c1-14-15-18-33(4,5)29-35(8,9)31-37(12,13)32-36(10,11)30-34(6,7)19-16-17-27-20-23(25)21-28-24(26)22(2)3/h23,25H,2,14-21H2,1,3-13H3. The molecule has 0 amide bonds. The highest BCUT2D eigenvalue weighted by Crippen LogP contribution is 2.28. The first kappa shape index (κ1) is 37.1. The maximum atomic E-state index is 11.4. The van der Waals surface area contributed by atoms with E-state index in [9.17, 15) is 9.90 Å². The van der Waals surface area contributed by atoms with Crippen molar-refractivity contribution in [2.24, 2.45) is 0 Å². The van der Waals surface area contributed by atoms with Gasteiger partial charge in [0.1, 0.15) is 12.7 Å². The van der Waals surface area contributed by atoms with Crippen LogP contribution >= 0.6 is 0 Å². The van der Waals surface area contributed by atoms with Gasteiger partial charge in [0.25, 0.3) is 0 Å². The van der Waals surface area contributed by atoms with Gasteiger partial charge in [0, 0.05) is 12.2 Å². The molecule has 0 saturated carbocycles. The molecule has 0 aliphatic heterocycles. The van der Waals surface area contributed by atoms with Crippen LogP contribution in [0.3, 0.4) is 0 Å². The lowest BCUT2D eigenvalue weighted by molar-refractivity contribution is -0.143. The van der Waals surface area contributed by atoms with Crippen molar-refractivity contribution in [2.75, 3.05) is 19.8 Å². The van der Waals surface area contributed by atoms with E-state index in [0.717, 1.165) is 18.5 Å². The molecule has 0 saturated heterocycles. The Morgan fingerprint density at radius 1 is 0.757 bits per heavy atom. The van der Waals surface area contributed by atoms with E-state index >= 15 is 0 Å². The van der Waals surface area contributed by atoms with Crippen LogP contribution in [0.25, 0.3) is 0 Å². The maximum absolute atomic E-state index is 11.4. The van der Waals surface area contributed by atoms with E-state index in [1.54, 1.807) is 6.92 Å². The van der Waals surface area contributed by atoms with Gasteiger partial charge in [0.2, 0.25) is 0 Å². The van der Waals surface area contributed by atoms with Gasteiger partial charge in [-0.25, -0.2) is 4.79 Å². The molecular weight excluding hydrogens is 557 g/mol. The van der Waals surface area contributed by atoms with Gasteiger partial charge in [0.15, 0.2) is 16.6 Å². The highest BCUT2D eigenvalue weighted by molar-refractivity contribution is 6.90. The normalized spacial score (nSPS) is 14.5. The summed E-state index contributed by atoms with van der Waals surface area (Å²) in [6, 6.07) is 2.07. The molecule has 0 bridgehead atoms. The summed E-state index contributed by atoms with van der Waals surface area (Å²) in [5, 5.41) is 9.91. The second-order valence-electron chi connectivity index (χ2n) is 12.4. The summed E-state index contributed by atoms with van der Waals surface area (Å²) >= 11 is 0. The summed E-state index contributed by atoms with van der Waals surface area (Å²) in [6.07, 6.45) is 2.35. The monoisotopic (exact) mass is 612 g/mol. The van der Waals surface area contributed by atoms with Gasteiger partial charge in [-0.1, -0.05) is 26.3 Å². The number of esters is 1. The summed E-state index contributed by atoms with van der Waals surface area (Å²) < 4.78 is 37.1. The van der Waals surface area contributed by atoms with E-state index in [2.05, 4.69) is 79.0 Å². The molecule has 0 aliphatic carbocycles. The minimum absolute atomic E-state index is 0.100. The highest BCUT2D eigenvalue weighted by Gasteiger charge is 2.45. The van der Waals surface area contributed by atoms with Crippen molar-refractivity contribution in [3.63, 3.8) is 0 Å². The third kappa shape index (κ3) is 18.9. The van der Waals surface area contributed by atoms with Crippen LogP contribution in [0.2, 0.25) is 77.6 Å². The lowest BCUT2D eigenvalue weighted by Gasteiger charge is -2.42. The summed E-state index contributed by atoms with van der Waals surface area (Å²) in [6.45, 7) is 29.5. The van der Waals surface area contributed by atoms with Crippen molar-refractivity contribution in [3.05, 3.63) is 12.2 Å². The summed E-state index contributed by atoms with van der Waals surface area (Å²) in [7, 11) is -11.0. The van der Waals surface area contributed by atoms with Crippen molar-refractivity contribution < 1.29 is 35.8 Å². The average molecular weight is 613 g/mol. The second kappa shape index (κ2) is 15.7. The molecule has 8 nitrogen and oxygen atoms in total. The molecule has 0 aliphatic rings. The first-order chi connectivity index (χ1) is 16.6. The molecule has 0 radical (unpaired) electrons. The zero-order valence-corrected chi connectivity index (χ0v) is 30.7. The Morgan fingerprint density at radius 3 is 1.62 bits per heavy atom. The molecule has 1 unspecified atom stereocenters. The molecule has 37 heavy (non-hydrogen) atoms. The van der Waals surface area contributed by atoms with Crippen molar-refractivity contribution in [3.8, 4) is 0 Å². The number of aliphatic hydroxyl groups is 1. The van der Waals surface area contributed by atoms with Crippen LogP contribution in [0.15, 0.2) is 12.2 Å². The molecule has 13 heteroatoms. The van der Waals surface area contributed by atoms with Crippen LogP contribution in [-0.2, 0) is 30.7 Å². The van der Waals surface area contributed by atoms with E-state index in [1.807, 2.05) is 0 Å². The third-order valence-electron chi connectivity index (χ3n) is 5.29. The summed E-state index contributed by atoms with van der Waals surface area (Å²) in [5.41, 5.74) is 0.306. The van der Waals surface area contributed by atoms with Gasteiger partial charge < -0.3 is 31.0 Å². The van der Waals surface area contributed by atoms with E-state index < -0.39 is 54.4 Å². The first-order valence-electron chi connectivity index (χ1n) is 13.5. The minimum Gasteiger partial charge on any atom is -0.460 e. The van der Waals surface area contributed by atoms with Crippen LogP contribution < -0.4 is 0 Å². The Bertz CT molecular complexity index is 713. The van der Waals surface area contributed by atoms with Crippen LogP contribution in [0.5, 0.6) is 0 Å². The lowest BCUT2D eigenvalue weighted by Crippen LogP contribution is -2.58. The van der Waals surface area contributed by atoms with Crippen LogP contribution in [0, 0.1) is 0 Å². The van der Waals surface area contributed by atoms with E-state index in [4.69, 9.17) is 25.9 Å². The van der Waals surface area contributed by atoms with Crippen LogP contribution in [0.4, 0.5) is 0 Å².